The van der Waals surface area contributed by atoms with Crippen molar-refractivity contribution in [1.29, 1.82) is 0 Å². The Balaban J connectivity index is 1.94. The zero-order valence-corrected chi connectivity index (χ0v) is 11.5. The van der Waals surface area contributed by atoms with Gasteiger partial charge in [0.05, 0.1) is 6.61 Å². The monoisotopic (exact) mass is 248 g/mol. The van der Waals surface area contributed by atoms with Crippen LogP contribution in [0.5, 0.6) is 5.75 Å². The quantitative estimate of drug-likeness (QED) is 0.837. The molecule has 1 aromatic carbocycles. The van der Waals surface area contributed by atoms with Crippen molar-refractivity contribution in [2.24, 2.45) is 0 Å². The van der Waals surface area contributed by atoms with Crippen LogP contribution in [0.1, 0.15) is 26.7 Å². The molecule has 1 aliphatic rings. The Morgan fingerprint density at radius 1 is 1.39 bits per heavy atom. The number of hydrogen-bond donors (Lipinski definition) is 1. The molecule has 1 saturated heterocycles. The molecule has 0 aliphatic carbocycles. The van der Waals surface area contributed by atoms with Crippen LogP contribution in [0.25, 0.3) is 0 Å². The van der Waals surface area contributed by atoms with Crippen LogP contribution in [0.15, 0.2) is 24.3 Å². The van der Waals surface area contributed by atoms with Gasteiger partial charge in [-0.15, -0.1) is 0 Å². The fourth-order valence-electron chi connectivity index (χ4n) is 2.45. The largest absolute Gasteiger partial charge is 0.494 e. The standard InChI is InChI=1S/C15H24N2O/c1-3-9-16-13-8-10-17(12-13)14-6-5-7-15(11-14)18-4-2/h5-7,11,13,16H,3-4,8-10,12H2,1-2H3. The molecule has 1 N–H and O–H groups in total. The van der Waals surface area contributed by atoms with E-state index in [1.165, 1.54) is 18.5 Å². The molecule has 100 valence electrons. The lowest BCUT2D eigenvalue weighted by atomic mass is 10.2. The fourth-order valence-corrected chi connectivity index (χ4v) is 2.45. The number of nitrogens with zero attached hydrogens (tertiary/aromatic N) is 1. The molecule has 0 radical (unpaired) electrons. The molecular formula is C15H24N2O. The van der Waals surface area contributed by atoms with Crippen molar-refractivity contribution in [2.45, 2.75) is 32.7 Å². The van der Waals surface area contributed by atoms with Crippen LogP contribution >= 0.6 is 0 Å². The Bertz CT molecular complexity index is 367. The van der Waals surface area contributed by atoms with E-state index >= 15 is 0 Å². The predicted octanol–water partition coefficient (Wildman–Crippen LogP) is 2.66. The van der Waals surface area contributed by atoms with Crippen molar-refractivity contribution >= 4 is 5.69 Å². The van der Waals surface area contributed by atoms with Crippen molar-refractivity contribution in [3.63, 3.8) is 0 Å². The Hall–Kier alpha value is -1.22. The summed E-state index contributed by atoms with van der Waals surface area (Å²) in [5, 5.41) is 3.60. The first-order valence-corrected chi connectivity index (χ1v) is 7.04. The van der Waals surface area contributed by atoms with Gasteiger partial charge < -0.3 is 15.0 Å². The van der Waals surface area contributed by atoms with Crippen LogP contribution in [0.4, 0.5) is 5.69 Å². The van der Waals surface area contributed by atoms with Crippen LogP contribution in [-0.4, -0.2) is 32.3 Å². The zero-order valence-electron chi connectivity index (χ0n) is 11.5. The molecule has 1 fully saturated rings. The van der Waals surface area contributed by atoms with E-state index in [-0.39, 0.29) is 0 Å². The first-order chi connectivity index (χ1) is 8.83. The van der Waals surface area contributed by atoms with Gasteiger partial charge >= 0.3 is 0 Å². The smallest absolute Gasteiger partial charge is 0.121 e. The lowest BCUT2D eigenvalue weighted by Gasteiger charge is -2.19. The predicted molar refractivity (Wildman–Crippen MR) is 76.5 cm³/mol. The van der Waals surface area contributed by atoms with Crippen molar-refractivity contribution in [1.82, 2.24) is 5.32 Å². The van der Waals surface area contributed by atoms with Gasteiger partial charge in [-0.1, -0.05) is 13.0 Å². The molecule has 0 bridgehead atoms. The SMILES string of the molecule is CCCNC1CCN(c2cccc(OCC)c2)C1. The topological polar surface area (TPSA) is 24.5 Å². The summed E-state index contributed by atoms with van der Waals surface area (Å²) in [6.45, 7) is 8.33. The molecule has 3 nitrogen and oxygen atoms in total. The fraction of sp³-hybridized carbons (Fsp3) is 0.600. The van der Waals surface area contributed by atoms with Crippen LogP contribution in [-0.2, 0) is 0 Å². The highest BCUT2D eigenvalue weighted by molar-refractivity contribution is 5.51. The second-order valence-electron chi connectivity index (χ2n) is 4.82. The minimum atomic E-state index is 0.640. The van der Waals surface area contributed by atoms with Gasteiger partial charge in [0.15, 0.2) is 0 Å². The lowest BCUT2D eigenvalue weighted by molar-refractivity contribution is 0.340. The number of ether oxygens (including phenoxy) is 1. The molecule has 0 aromatic heterocycles. The summed E-state index contributed by atoms with van der Waals surface area (Å²) in [4.78, 5) is 2.44. The molecule has 1 heterocycles. The molecule has 2 rings (SSSR count). The molecule has 3 heteroatoms. The first-order valence-electron chi connectivity index (χ1n) is 7.04. The van der Waals surface area contributed by atoms with E-state index in [2.05, 4.69) is 35.3 Å². The number of nitrogens with one attached hydrogen (secondary N) is 1. The maximum Gasteiger partial charge on any atom is 0.121 e. The minimum Gasteiger partial charge on any atom is -0.494 e. The summed E-state index contributed by atoms with van der Waals surface area (Å²) in [6.07, 6.45) is 2.44. The van der Waals surface area contributed by atoms with Crippen LogP contribution in [0.3, 0.4) is 0 Å². The number of anilines is 1. The average molecular weight is 248 g/mol. The summed E-state index contributed by atoms with van der Waals surface area (Å²) < 4.78 is 5.56. The Labute approximate surface area is 110 Å². The molecule has 18 heavy (non-hydrogen) atoms. The summed E-state index contributed by atoms with van der Waals surface area (Å²) in [5.74, 6) is 0.972. The summed E-state index contributed by atoms with van der Waals surface area (Å²) in [5.41, 5.74) is 1.28. The highest BCUT2D eigenvalue weighted by atomic mass is 16.5. The first kappa shape index (κ1) is 13.2. The van der Waals surface area contributed by atoms with Gasteiger partial charge in [0, 0.05) is 30.9 Å². The summed E-state index contributed by atoms with van der Waals surface area (Å²) in [7, 11) is 0. The highest BCUT2D eigenvalue weighted by Crippen LogP contribution is 2.24. The maximum atomic E-state index is 5.56. The second kappa shape index (κ2) is 6.64. The van der Waals surface area contributed by atoms with Crippen LogP contribution < -0.4 is 15.0 Å². The Kier molecular flexibility index (Phi) is 4.88. The van der Waals surface area contributed by atoms with Gasteiger partial charge in [-0.25, -0.2) is 0 Å². The normalized spacial score (nSPS) is 19.2. The van der Waals surface area contributed by atoms with Crippen molar-refractivity contribution in [2.75, 3.05) is 31.1 Å². The van der Waals surface area contributed by atoms with Gasteiger partial charge in [0.2, 0.25) is 0 Å². The van der Waals surface area contributed by atoms with E-state index < -0.39 is 0 Å². The third-order valence-corrected chi connectivity index (χ3v) is 3.37. The van der Waals surface area contributed by atoms with Crippen LogP contribution in [0, 0.1) is 0 Å². The molecule has 1 unspecified atom stereocenters. The van der Waals surface area contributed by atoms with E-state index in [1.807, 2.05) is 13.0 Å². The molecular weight excluding hydrogens is 224 g/mol. The summed E-state index contributed by atoms with van der Waals surface area (Å²) >= 11 is 0. The molecule has 1 aliphatic heterocycles. The van der Waals surface area contributed by atoms with Gasteiger partial charge in [0.1, 0.15) is 5.75 Å². The van der Waals surface area contributed by atoms with Crippen LogP contribution in [0.2, 0.25) is 0 Å². The average Bonchev–Trinajstić information content (AvgIpc) is 2.86. The molecule has 0 saturated carbocycles. The zero-order chi connectivity index (χ0) is 12.8. The Morgan fingerprint density at radius 3 is 3.06 bits per heavy atom. The van der Waals surface area contributed by atoms with Gasteiger partial charge in [-0.3, -0.25) is 0 Å². The van der Waals surface area contributed by atoms with E-state index in [4.69, 9.17) is 4.74 Å². The van der Waals surface area contributed by atoms with Crippen molar-refractivity contribution in [3.05, 3.63) is 24.3 Å². The van der Waals surface area contributed by atoms with Gasteiger partial charge in [0.25, 0.3) is 0 Å². The summed E-state index contributed by atoms with van der Waals surface area (Å²) in [6, 6.07) is 9.06. The third kappa shape index (κ3) is 3.39. The van der Waals surface area contributed by atoms with E-state index in [0.717, 1.165) is 32.0 Å². The maximum absolute atomic E-state index is 5.56. The number of hydrogen-bond acceptors (Lipinski definition) is 3. The van der Waals surface area contributed by atoms with Crippen molar-refractivity contribution in [3.8, 4) is 5.75 Å². The molecule has 0 amide bonds. The van der Waals surface area contributed by atoms with E-state index in [1.54, 1.807) is 0 Å². The minimum absolute atomic E-state index is 0.640. The lowest BCUT2D eigenvalue weighted by Crippen LogP contribution is -2.32. The number of benzene rings is 1. The second-order valence-corrected chi connectivity index (χ2v) is 4.82. The van der Waals surface area contributed by atoms with E-state index in [0.29, 0.717) is 6.04 Å². The third-order valence-electron chi connectivity index (χ3n) is 3.37. The Morgan fingerprint density at radius 2 is 2.28 bits per heavy atom. The van der Waals surface area contributed by atoms with Crippen molar-refractivity contribution < 1.29 is 4.74 Å². The number of rotatable bonds is 6. The van der Waals surface area contributed by atoms with Gasteiger partial charge in [-0.2, -0.15) is 0 Å². The van der Waals surface area contributed by atoms with Gasteiger partial charge in [-0.05, 0) is 38.4 Å². The molecule has 1 atom stereocenters. The van der Waals surface area contributed by atoms with E-state index in [9.17, 15) is 0 Å². The molecule has 1 aromatic rings. The highest BCUT2D eigenvalue weighted by Gasteiger charge is 2.21. The molecule has 0 spiro atoms.